The van der Waals surface area contributed by atoms with Crippen molar-refractivity contribution in [3.63, 3.8) is 0 Å². The lowest BCUT2D eigenvalue weighted by molar-refractivity contribution is -0.150. The number of ether oxygens (including phenoxy) is 2. The Morgan fingerprint density at radius 3 is 2.07 bits per heavy atom. The molecule has 0 radical (unpaired) electrons. The number of epoxide rings is 1. The van der Waals surface area contributed by atoms with Crippen molar-refractivity contribution in [3.05, 3.63) is 12.2 Å². The smallest absolute Gasteiger partial charge is 0.338 e. The van der Waals surface area contributed by atoms with Gasteiger partial charge in [-0.3, -0.25) is 0 Å². The summed E-state index contributed by atoms with van der Waals surface area (Å²) in [6.45, 7) is 13.4. The molecule has 0 bridgehead atoms. The monoisotopic (exact) mass is 424 g/mol. The van der Waals surface area contributed by atoms with Gasteiger partial charge in [0.2, 0.25) is 0 Å². The second-order valence-electron chi connectivity index (χ2n) is 10.5. The fourth-order valence-corrected chi connectivity index (χ4v) is 4.91. The molecule has 4 atom stereocenters. The van der Waals surface area contributed by atoms with Gasteiger partial charge < -0.3 is 13.9 Å². The predicted molar refractivity (Wildman–Crippen MR) is 122 cm³/mol. The summed E-state index contributed by atoms with van der Waals surface area (Å²) in [6, 6.07) is 0. The maximum atomic E-state index is 12.3. The summed E-state index contributed by atoms with van der Waals surface area (Å²) in [5.74, 6) is -0.213. The van der Waals surface area contributed by atoms with E-state index in [0.717, 1.165) is 19.3 Å². The molecule has 5 heteroatoms. The molecule has 2 unspecified atom stereocenters. The molecule has 0 spiro atoms. The number of hydrogen-bond acceptors (Lipinski definition) is 4. The van der Waals surface area contributed by atoms with Gasteiger partial charge in [-0.2, -0.15) is 0 Å². The number of carbonyl (C=O) groups excluding carboxylic acids is 1. The van der Waals surface area contributed by atoms with Crippen molar-refractivity contribution in [1.29, 1.82) is 0 Å². The van der Waals surface area contributed by atoms with Gasteiger partial charge in [0, 0.05) is 0 Å². The Kier molecular flexibility index (Phi) is 9.42. The van der Waals surface area contributed by atoms with E-state index in [1.165, 1.54) is 44.9 Å². The molecule has 168 valence electrons. The van der Waals surface area contributed by atoms with E-state index in [-0.39, 0.29) is 29.3 Å². The average molecular weight is 425 g/mol. The van der Waals surface area contributed by atoms with Gasteiger partial charge in [0.1, 0.15) is 6.10 Å². The standard InChI is InChI=1S/C24H44O4Si/c1-19-15-13-11-9-7-8-10-12-14-16-20(28-29(5,6)24(2,3)4)17-18-21-22(27-21)23(25)26-19/h17-22H,7-16H2,1-6H3/b18-17+/t19-,20+,21?,22?/m0/s1. The minimum Gasteiger partial charge on any atom is -0.461 e. The third-order valence-electron chi connectivity index (χ3n) is 6.69. The minimum absolute atomic E-state index is 0.0233. The van der Waals surface area contributed by atoms with Gasteiger partial charge in [0.05, 0.1) is 12.2 Å². The van der Waals surface area contributed by atoms with Crippen molar-refractivity contribution in [3.8, 4) is 0 Å². The fraction of sp³-hybridized carbons (Fsp3) is 0.875. The van der Waals surface area contributed by atoms with Gasteiger partial charge in [-0.05, 0) is 44.3 Å². The Morgan fingerprint density at radius 2 is 1.48 bits per heavy atom. The van der Waals surface area contributed by atoms with E-state index in [4.69, 9.17) is 13.9 Å². The highest BCUT2D eigenvalue weighted by molar-refractivity contribution is 6.74. The van der Waals surface area contributed by atoms with Gasteiger partial charge in [-0.25, -0.2) is 4.79 Å². The lowest BCUT2D eigenvalue weighted by Gasteiger charge is -2.38. The van der Waals surface area contributed by atoms with Crippen LogP contribution < -0.4 is 0 Å². The third-order valence-corrected chi connectivity index (χ3v) is 11.2. The van der Waals surface area contributed by atoms with Gasteiger partial charge in [0.25, 0.3) is 0 Å². The van der Waals surface area contributed by atoms with E-state index in [1.54, 1.807) is 0 Å². The maximum Gasteiger partial charge on any atom is 0.338 e. The van der Waals surface area contributed by atoms with Crippen molar-refractivity contribution in [2.75, 3.05) is 0 Å². The number of hydrogen-bond donors (Lipinski definition) is 0. The molecule has 1 saturated heterocycles. The molecule has 0 aromatic heterocycles. The van der Waals surface area contributed by atoms with Crippen molar-refractivity contribution in [2.24, 2.45) is 0 Å². The topological polar surface area (TPSA) is 48.1 Å². The molecule has 0 aliphatic carbocycles. The van der Waals surface area contributed by atoms with E-state index in [1.807, 2.05) is 13.0 Å². The van der Waals surface area contributed by atoms with Crippen LogP contribution >= 0.6 is 0 Å². The summed E-state index contributed by atoms with van der Waals surface area (Å²) in [7, 11) is -1.84. The van der Waals surface area contributed by atoms with Gasteiger partial charge in [-0.1, -0.05) is 77.9 Å². The van der Waals surface area contributed by atoms with Gasteiger partial charge in [-0.15, -0.1) is 0 Å². The van der Waals surface area contributed by atoms with Gasteiger partial charge in [0.15, 0.2) is 14.4 Å². The van der Waals surface area contributed by atoms with Crippen LogP contribution in [-0.2, 0) is 18.7 Å². The number of esters is 1. The molecule has 2 rings (SSSR count). The molecule has 29 heavy (non-hydrogen) atoms. The van der Waals surface area contributed by atoms with Crippen LogP contribution in [-0.4, -0.2) is 38.7 Å². The quantitative estimate of drug-likeness (QED) is 0.218. The van der Waals surface area contributed by atoms with Crippen LogP contribution in [0.4, 0.5) is 0 Å². The van der Waals surface area contributed by atoms with Crippen LogP contribution in [0.2, 0.25) is 18.1 Å². The number of rotatable bonds is 2. The Hall–Kier alpha value is -0.653. The normalized spacial score (nSPS) is 32.4. The van der Waals surface area contributed by atoms with E-state index in [0.29, 0.717) is 0 Å². The third kappa shape index (κ3) is 8.54. The zero-order chi connectivity index (χ0) is 21.5. The van der Waals surface area contributed by atoms with Crippen molar-refractivity contribution >= 4 is 14.3 Å². The van der Waals surface area contributed by atoms with Crippen molar-refractivity contribution in [1.82, 2.24) is 0 Å². The number of cyclic esters (lactones) is 1. The Bertz CT molecular complexity index is 537. The first-order chi connectivity index (χ1) is 13.6. The summed E-state index contributed by atoms with van der Waals surface area (Å²) in [5.41, 5.74) is 0. The molecular formula is C24H44O4Si. The summed E-state index contributed by atoms with van der Waals surface area (Å²) in [5, 5.41) is 0.186. The van der Waals surface area contributed by atoms with Crippen LogP contribution in [0.3, 0.4) is 0 Å². The summed E-state index contributed by atoms with van der Waals surface area (Å²) < 4.78 is 17.8. The first-order valence-corrected chi connectivity index (χ1v) is 14.7. The molecule has 0 amide bonds. The van der Waals surface area contributed by atoms with E-state index in [2.05, 4.69) is 39.9 Å². The lowest BCUT2D eigenvalue weighted by Crippen LogP contribution is -2.43. The van der Waals surface area contributed by atoms with Gasteiger partial charge >= 0.3 is 5.97 Å². The highest BCUT2D eigenvalue weighted by Gasteiger charge is 2.45. The zero-order valence-electron chi connectivity index (χ0n) is 19.7. The van der Waals surface area contributed by atoms with Crippen LogP contribution in [0.5, 0.6) is 0 Å². The molecule has 0 N–H and O–H groups in total. The summed E-state index contributed by atoms with van der Waals surface area (Å²) in [6.07, 6.45) is 15.7. The average Bonchev–Trinajstić information content (AvgIpc) is 3.39. The largest absolute Gasteiger partial charge is 0.461 e. The maximum absolute atomic E-state index is 12.3. The molecular weight excluding hydrogens is 380 g/mol. The number of fused-ring (bicyclic) bond motifs is 1. The summed E-state index contributed by atoms with van der Waals surface area (Å²) in [4.78, 5) is 12.3. The van der Waals surface area contributed by atoms with Crippen molar-refractivity contribution in [2.45, 2.75) is 134 Å². The van der Waals surface area contributed by atoms with Crippen molar-refractivity contribution < 1.29 is 18.7 Å². The number of carbonyl (C=O) groups is 1. The first kappa shape index (κ1) is 24.6. The SMILES string of the molecule is C[C@H]1CCCCCCCCCC[C@@H](O[Si](C)(C)C(C)(C)C)/C=C/C2OC2C(=O)O1. The van der Waals surface area contributed by atoms with Crippen LogP contribution in [0.25, 0.3) is 0 Å². The molecule has 2 aliphatic rings. The Morgan fingerprint density at radius 1 is 0.931 bits per heavy atom. The zero-order valence-corrected chi connectivity index (χ0v) is 20.7. The molecule has 2 aliphatic heterocycles. The second kappa shape index (κ2) is 11.1. The summed E-state index contributed by atoms with van der Waals surface area (Å²) >= 11 is 0. The van der Waals surface area contributed by atoms with E-state index in [9.17, 15) is 4.79 Å². The van der Waals surface area contributed by atoms with Crippen LogP contribution in [0.1, 0.15) is 91.9 Å². The Labute approximate surface area is 179 Å². The van der Waals surface area contributed by atoms with E-state index < -0.39 is 14.4 Å². The molecule has 0 aromatic rings. The molecule has 0 aromatic carbocycles. The highest BCUT2D eigenvalue weighted by atomic mass is 28.4. The van der Waals surface area contributed by atoms with Crippen LogP contribution in [0.15, 0.2) is 12.2 Å². The lowest BCUT2D eigenvalue weighted by atomic mass is 10.0. The highest BCUT2D eigenvalue weighted by Crippen LogP contribution is 2.38. The molecule has 4 nitrogen and oxygen atoms in total. The molecule has 2 heterocycles. The Balaban J connectivity index is 1.99. The minimum atomic E-state index is -1.84. The molecule has 0 saturated carbocycles. The van der Waals surface area contributed by atoms with Crippen LogP contribution in [0, 0.1) is 0 Å². The first-order valence-electron chi connectivity index (χ1n) is 11.8. The fourth-order valence-electron chi connectivity index (χ4n) is 3.61. The molecule has 1 fully saturated rings. The second-order valence-corrected chi connectivity index (χ2v) is 15.2. The predicted octanol–water partition coefficient (Wildman–Crippen LogP) is 6.55. The van der Waals surface area contributed by atoms with E-state index >= 15 is 0 Å².